The number of rotatable bonds is 3. The van der Waals surface area contributed by atoms with Crippen molar-refractivity contribution in [1.82, 2.24) is 10.9 Å². The molecular formula is C14H12BrClN2O3. The molecule has 0 atom stereocenters. The van der Waals surface area contributed by atoms with Gasteiger partial charge in [0.1, 0.15) is 11.6 Å². The molecule has 0 saturated carbocycles. The number of halogens is 2. The van der Waals surface area contributed by atoms with E-state index in [9.17, 15) is 9.59 Å². The highest BCUT2D eigenvalue weighted by atomic mass is 79.9. The van der Waals surface area contributed by atoms with Crippen molar-refractivity contribution in [1.29, 1.82) is 0 Å². The molecule has 7 heteroatoms. The van der Waals surface area contributed by atoms with E-state index in [2.05, 4.69) is 26.8 Å². The van der Waals surface area contributed by atoms with Crippen LogP contribution in [0.1, 0.15) is 10.4 Å². The Morgan fingerprint density at radius 1 is 1.19 bits per heavy atom. The molecule has 0 heterocycles. The van der Waals surface area contributed by atoms with Crippen LogP contribution in [0.2, 0.25) is 0 Å². The molecule has 0 spiro atoms. The number of benzene rings is 2. The van der Waals surface area contributed by atoms with Gasteiger partial charge < -0.3 is 4.74 Å². The molecule has 110 valence electrons. The number of ether oxygens (including phenoxy) is 1. The molecule has 2 N–H and O–H groups in total. The van der Waals surface area contributed by atoms with Crippen LogP contribution < -0.4 is 15.6 Å². The first-order valence-electron chi connectivity index (χ1n) is 5.97. The van der Waals surface area contributed by atoms with E-state index in [1.165, 1.54) is 7.11 Å². The van der Waals surface area contributed by atoms with Gasteiger partial charge >= 0.3 is 0 Å². The number of fused-ring (bicyclic) bond motifs is 1. The van der Waals surface area contributed by atoms with Gasteiger partial charge in [0, 0.05) is 4.47 Å². The summed E-state index contributed by atoms with van der Waals surface area (Å²) in [5.41, 5.74) is 4.81. The van der Waals surface area contributed by atoms with Crippen LogP contribution in [0.4, 0.5) is 0 Å². The Morgan fingerprint density at radius 2 is 1.95 bits per heavy atom. The summed E-state index contributed by atoms with van der Waals surface area (Å²) >= 11 is 8.73. The Hall–Kier alpha value is -1.79. The molecule has 0 saturated heterocycles. The van der Waals surface area contributed by atoms with Crippen molar-refractivity contribution in [3.63, 3.8) is 0 Å². The van der Waals surface area contributed by atoms with Crippen molar-refractivity contribution < 1.29 is 14.3 Å². The molecular weight excluding hydrogens is 360 g/mol. The molecule has 2 amide bonds. The van der Waals surface area contributed by atoms with Gasteiger partial charge in [-0.3, -0.25) is 20.4 Å². The molecule has 2 aromatic carbocycles. The second-order valence-corrected chi connectivity index (χ2v) is 5.36. The van der Waals surface area contributed by atoms with E-state index in [1.807, 2.05) is 18.2 Å². The smallest absolute Gasteiger partial charge is 0.273 e. The van der Waals surface area contributed by atoms with E-state index < -0.39 is 11.8 Å². The molecule has 0 aliphatic carbocycles. The number of alkyl halides is 1. The van der Waals surface area contributed by atoms with Gasteiger partial charge in [0.05, 0.1) is 12.7 Å². The van der Waals surface area contributed by atoms with Crippen molar-refractivity contribution in [3.05, 3.63) is 40.4 Å². The summed E-state index contributed by atoms with van der Waals surface area (Å²) in [5.74, 6) is -0.788. The third-order valence-electron chi connectivity index (χ3n) is 2.80. The molecule has 21 heavy (non-hydrogen) atoms. The first-order chi connectivity index (χ1) is 10.0. The van der Waals surface area contributed by atoms with E-state index in [1.54, 1.807) is 12.1 Å². The van der Waals surface area contributed by atoms with Crippen LogP contribution in [0.15, 0.2) is 34.8 Å². The molecule has 0 bridgehead atoms. The Bertz CT molecular complexity index is 706. The summed E-state index contributed by atoms with van der Waals surface area (Å²) in [6, 6.07) is 9.17. The molecule has 0 aliphatic heterocycles. The van der Waals surface area contributed by atoms with Gasteiger partial charge in [-0.05, 0) is 35.0 Å². The van der Waals surface area contributed by atoms with Crippen LogP contribution >= 0.6 is 27.5 Å². The molecule has 2 rings (SSSR count). The Balaban J connectivity index is 2.36. The highest BCUT2D eigenvalue weighted by Crippen LogP contribution is 2.28. The summed E-state index contributed by atoms with van der Waals surface area (Å²) in [5, 5.41) is 1.82. The highest BCUT2D eigenvalue weighted by molar-refractivity contribution is 9.10. The average Bonchev–Trinajstić information content (AvgIpc) is 2.50. The second kappa shape index (κ2) is 6.78. The van der Waals surface area contributed by atoms with Crippen molar-refractivity contribution in [3.8, 4) is 5.75 Å². The average molecular weight is 372 g/mol. The topological polar surface area (TPSA) is 67.4 Å². The number of methoxy groups -OCH3 is 1. The molecule has 5 nitrogen and oxygen atoms in total. The first kappa shape index (κ1) is 15.6. The van der Waals surface area contributed by atoms with E-state index in [0.29, 0.717) is 11.3 Å². The lowest BCUT2D eigenvalue weighted by atomic mass is 10.1. The SMILES string of the molecule is COc1cc2ccc(Br)cc2cc1C(=O)NNC(=O)CCl. The van der Waals surface area contributed by atoms with E-state index in [4.69, 9.17) is 16.3 Å². The van der Waals surface area contributed by atoms with Crippen LogP contribution in [0.25, 0.3) is 10.8 Å². The van der Waals surface area contributed by atoms with Gasteiger partial charge in [-0.15, -0.1) is 11.6 Å². The third kappa shape index (κ3) is 3.65. The quantitative estimate of drug-likeness (QED) is 0.644. The Labute approximate surface area is 134 Å². The van der Waals surface area contributed by atoms with Gasteiger partial charge in [-0.25, -0.2) is 0 Å². The fraction of sp³-hybridized carbons (Fsp3) is 0.143. The minimum Gasteiger partial charge on any atom is -0.496 e. The van der Waals surface area contributed by atoms with Crippen LogP contribution in [0.3, 0.4) is 0 Å². The zero-order valence-electron chi connectivity index (χ0n) is 11.1. The summed E-state index contributed by atoms with van der Waals surface area (Å²) in [6.07, 6.45) is 0. The molecule has 0 aromatic heterocycles. The standard InChI is InChI=1S/C14H12BrClN2O3/c1-21-12-6-8-2-3-10(15)4-9(8)5-11(12)14(20)18-17-13(19)7-16/h2-6H,7H2,1H3,(H,17,19)(H,18,20). The minimum absolute atomic E-state index is 0.234. The lowest BCUT2D eigenvalue weighted by Crippen LogP contribution is -2.42. The fourth-order valence-electron chi connectivity index (χ4n) is 1.82. The maximum Gasteiger partial charge on any atom is 0.273 e. The zero-order valence-corrected chi connectivity index (χ0v) is 13.4. The second-order valence-electron chi connectivity index (χ2n) is 4.18. The van der Waals surface area contributed by atoms with E-state index in [-0.39, 0.29) is 5.88 Å². The number of carbonyl (C=O) groups excluding carboxylic acids is 2. The van der Waals surface area contributed by atoms with Gasteiger partial charge in [0.2, 0.25) is 0 Å². The summed E-state index contributed by atoms with van der Waals surface area (Å²) in [6.45, 7) is 0. The van der Waals surface area contributed by atoms with Crippen LogP contribution in [-0.4, -0.2) is 24.8 Å². The maximum absolute atomic E-state index is 12.1. The van der Waals surface area contributed by atoms with Gasteiger partial charge in [-0.2, -0.15) is 0 Å². The molecule has 2 aromatic rings. The number of amides is 2. The predicted octanol–water partition coefficient (Wildman–Crippen LogP) is 2.61. The number of hydrazine groups is 1. The third-order valence-corrected chi connectivity index (χ3v) is 3.54. The number of nitrogens with one attached hydrogen (secondary N) is 2. The lowest BCUT2D eigenvalue weighted by molar-refractivity contribution is -0.119. The lowest BCUT2D eigenvalue weighted by Gasteiger charge is -2.11. The number of hydrogen-bond acceptors (Lipinski definition) is 3. The van der Waals surface area contributed by atoms with Crippen LogP contribution in [0.5, 0.6) is 5.75 Å². The van der Waals surface area contributed by atoms with Gasteiger partial charge in [0.15, 0.2) is 0 Å². The zero-order chi connectivity index (χ0) is 15.4. The van der Waals surface area contributed by atoms with Crippen molar-refractivity contribution >= 4 is 50.1 Å². The summed E-state index contributed by atoms with van der Waals surface area (Å²) < 4.78 is 6.13. The van der Waals surface area contributed by atoms with Crippen LogP contribution in [0, 0.1) is 0 Å². The first-order valence-corrected chi connectivity index (χ1v) is 7.30. The molecule has 0 aliphatic rings. The molecule has 0 radical (unpaired) electrons. The maximum atomic E-state index is 12.1. The van der Waals surface area contributed by atoms with Crippen molar-refractivity contribution in [2.45, 2.75) is 0 Å². The number of carbonyl (C=O) groups is 2. The Morgan fingerprint density at radius 3 is 2.62 bits per heavy atom. The Kier molecular flexibility index (Phi) is 5.03. The minimum atomic E-state index is -0.493. The largest absolute Gasteiger partial charge is 0.496 e. The highest BCUT2D eigenvalue weighted by Gasteiger charge is 2.14. The predicted molar refractivity (Wildman–Crippen MR) is 84.5 cm³/mol. The van der Waals surface area contributed by atoms with Crippen molar-refractivity contribution in [2.75, 3.05) is 13.0 Å². The van der Waals surface area contributed by atoms with Crippen LogP contribution in [-0.2, 0) is 4.79 Å². The molecule has 0 fully saturated rings. The van der Waals surface area contributed by atoms with E-state index >= 15 is 0 Å². The monoisotopic (exact) mass is 370 g/mol. The summed E-state index contributed by atoms with van der Waals surface area (Å²) in [7, 11) is 1.48. The fourth-order valence-corrected chi connectivity index (χ4v) is 2.27. The van der Waals surface area contributed by atoms with Gasteiger partial charge in [0.25, 0.3) is 11.8 Å². The number of hydrogen-bond donors (Lipinski definition) is 2. The van der Waals surface area contributed by atoms with Crippen molar-refractivity contribution in [2.24, 2.45) is 0 Å². The molecule has 0 unspecified atom stereocenters. The summed E-state index contributed by atoms with van der Waals surface area (Å²) in [4.78, 5) is 23.2. The van der Waals surface area contributed by atoms with E-state index in [0.717, 1.165) is 15.2 Å². The van der Waals surface area contributed by atoms with Gasteiger partial charge in [-0.1, -0.05) is 22.0 Å². The normalized spacial score (nSPS) is 10.2.